The Morgan fingerprint density at radius 2 is 2.11 bits per heavy atom. The first-order valence-electron chi connectivity index (χ1n) is 6.34. The van der Waals surface area contributed by atoms with Crippen LogP contribution in [-0.4, -0.2) is 18.3 Å². The monoisotopic (exact) mass is 246 g/mol. The first kappa shape index (κ1) is 14.5. The van der Waals surface area contributed by atoms with Crippen LogP contribution >= 0.6 is 0 Å². The van der Waals surface area contributed by atoms with E-state index in [2.05, 4.69) is 25.2 Å². The van der Waals surface area contributed by atoms with Gasteiger partial charge in [-0.3, -0.25) is 0 Å². The van der Waals surface area contributed by atoms with Crippen LogP contribution < -0.4 is 5.32 Å². The summed E-state index contributed by atoms with van der Waals surface area (Å²) in [6, 6.07) is 8.06. The van der Waals surface area contributed by atoms with Gasteiger partial charge in [0, 0.05) is 13.2 Å². The second kappa shape index (κ2) is 6.42. The van der Waals surface area contributed by atoms with E-state index in [0.29, 0.717) is 5.56 Å². The molecule has 98 valence electrons. The van der Waals surface area contributed by atoms with Crippen LogP contribution in [0.1, 0.15) is 37.8 Å². The Morgan fingerprint density at radius 1 is 1.39 bits per heavy atom. The topological polar surface area (TPSA) is 56.0 Å². The molecule has 0 saturated heterocycles. The Kier molecular flexibility index (Phi) is 5.18. The van der Waals surface area contributed by atoms with Gasteiger partial charge in [0.2, 0.25) is 0 Å². The molecule has 0 saturated carbocycles. The minimum Gasteiger partial charge on any atom is -0.396 e. The minimum absolute atomic E-state index is 0.111. The number of nitrogens with zero attached hydrogens (tertiary/aromatic N) is 1. The number of aryl methyl sites for hydroxylation is 1. The van der Waals surface area contributed by atoms with Gasteiger partial charge in [0.1, 0.15) is 6.07 Å². The number of benzene rings is 1. The number of nitriles is 1. The van der Waals surface area contributed by atoms with E-state index < -0.39 is 0 Å². The van der Waals surface area contributed by atoms with E-state index >= 15 is 0 Å². The molecule has 0 aliphatic rings. The lowest BCUT2D eigenvalue weighted by Crippen LogP contribution is -2.23. The smallest absolute Gasteiger partial charge is 0.101 e. The quantitative estimate of drug-likeness (QED) is 0.811. The van der Waals surface area contributed by atoms with E-state index in [4.69, 9.17) is 10.4 Å². The number of hydrogen-bond acceptors (Lipinski definition) is 3. The molecule has 0 radical (unpaired) electrons. The van der Waals surface area contributed by atoms with Crippen LogP contribution in [-0.2, 0) is 0 Å². The molecule has 3 heteroatoms. The highest BCUT2D eigenvalue weighted by Crippen LogP contribution is 2.24. The summed E-state index contributed by atoms with van der Waals surface area (Å²) < 4.78 is 0. The van der Waals surface area contributed by atoms with E-state index in [1.54, 1.807) is 0 Å². The molecular formula is C15H22N2O. The van der Waals surface area contributed by atoms with Gasteiger partial charge in [0.05, 0.1) is 11.3 Å². The number of hydrogen-bond donors (Lipinski definition) is 2. The van der Waals surface area contributed by atoms with Crippen molar-refractivity contribution in [3.63, 3.8) is 0 Å². The Morgan fingerprint density at radius 3 is 2.72 bits per heavy atom. The average molecular weight is 246 g/mol. The van der Waals surface area contributed by atoms with Gasteiger partial charge >= 0.3 is 0 Å². The first-order valence-corrected chi connectivity index (χ1v) is 6.34. The molecule has 0 fully saturated rings. The van der Waals surface area contributed by atoms with Crippen molar-refractivity contribution in [1.29, 1.82) is 5.26 Å². The van der Waals surface area contributed by atoms with Gasteiger partial charge in [-0.05, 0) is 42.9 Å². The predicted octanol–water partition coefficient (Wildman–Crippen LogP) is 3.08. The van der Waals surface area contributed by atoms with Gasteiger partial charge in [0.25, 0.3) is 0 Å². The summed E-state index contributed by atoms with van der Waals surface area (Å²) in [7, 11) is 0. The second-order valence-corrected chi connectivity index (χ2v) is 5.51. The molecule has 3 nitrogen and oxygen atoms in total. The number of rotatable bonds is 6. The molecule has 18 heavy (non-hydrogen) atoms. The maximum Gasteiger partial charge on any atom is 0.101 e. The van der Waals surface area contributed by atoms with Crippen LogP contribution in [0.2, 0.25) is 0 Å². The van der Waals surface area contributed by atoms with Gasteiger partial charge in [-0.15, -0.1) is 0 Å². The summed E-state index contributed by atoms with van der Waals surface area (Å²) >= 11 is 0. The number of aliphatic hydroxyl groups excluding tert-OH is 1. The summed E-state index contributed by atoms with van der Waals surface area (Å²) in [5.41, 5.74) is 2.78. The molecule has 0 unspecified atom stereocenters. The highest BCUT2D eigenvalue weighted by molar-refractivity contribution is 5.58. The van der Waals surface area contributed by atoms with Crippen molar-refractivity contribution in [3.05, 3.63) is 29.3 Å². The SMILES string of the molecule is Cc1ccc(NCC(C)(C)CCCO)c(C#N)c1. The molecule has 1 aromatic rings. The van der Waals surface area contributed by atoms with E-state index in [9.17, 15) is 0 Å². The van der Waals surface area contributed by atoms with Crippen LogP contribution in [0.4, 0.5) is 5.69 Å². The zero-order chi connectivity index (χ0) is 13.6. The number of anilines is 1. The highest BCUT2D eigenvalue weighted by atomic mass is 16.2. The fraction of sp³-hybridized carbons (Fsp3) is 0.533. The van der Waals surface area contributed by atoms with Crippen LogP contribution in [0, 0.1) is 23.7 Å². The van der Waals surface area contributed by atoms with Crippen molar-refractivity contribution < 1.29 is 5.11 Å². The van der Waals surface area contributed by atoms with E-state index in [1.165, 1.54) is 0 Å². The third-order valence-electron chi connectivity index (χ3n) is 3.06. The lowest BCUT2D eigenvalue weighted by molar-refractivity contribution is 0.248. The minimum atomic E-state index is 0.111. The number of nitrogens with one attached hydrogen (secondary N) is 1. The Balaban J connectivity index is 2.66. The van der Waals surface area contributed by atoms with Gasteiger partial charge in [-0.1, -0.05) is 19.9 Å². The van der Waals surface area contributed by atoms with E-state index in [-0.39, 0.29) is 12.0 Å². The van der Waals surface area contributed by atoms with Crippen LogP contribution in [0.15, 0.2) is 18.2 Å². The lowest BCUT2D eigenvalue weighted by Gasteiger charge is -2.25. The summed E-state index contributed by atoms with van der Waals surface area (Å²) in [5, 5.41) is 21.3. The van der Waals surface area contributed by atoms with Crippen molar-refractivity contribution >= 4 is 5.69 Å². The Hall–Kier alpha value is -1.53. The molecule has 0 amide bonds. The first-order chi connectivity index (χ1) is 8.48. The van der Waals surface area contributed by atoms with Gasteiger partial charge < -0.3 is 10.4 Å². The van der Waals surface area contributed by atoms with Crippen molar-refractivity contribution in [2.45, 2.75) is 33.6 Å². The normalized spacial score (nSPS) is 11.1. The van der Waals surface area contributed by atoms with Crippen LogP contribution in [0.5, 0.6) is 0 Å². The maximum atomic E-state index is 9.09. The zero-order valence-corrected chi connectivity index (χ0v) is 11.5. The summed E-state index contributed by atoms with van der Waals surface area (Å²) in [6.45, 7) is 7.34. The predicted molar refractivity (Wildman–Crippen MR) is 74.5 cm³/mol. The largest absolute Gasteiger partial charge is 0.396 e. The summed E-state index contributed by atoms with van der Waals surface area (Å²) in [5.74, 6) is 0. The summed E-state index contributed by atoms with van der Waals surface area (Å²) in [6.07, 6.45) is 1.78. The fourth-order valence-corrected chi connectivity index (χ4v) is 1.89. The standard InChI is InChI=1S/C15H22N2O/c1-12-5-6-14(13(9-12)10-16)17-11-15(2,3)7-4-8-18/h5-6,9,17-18H,4,7-8,11H2,1-3H3. The molecule has 0 aliphatic heterocycles. The molecule has 1 aromatic carbocycles. The molecule has 0 atom stereocenters. The molecule has 0 bridgehead atoms. The van der Waals surface area contributed by atoms with Crippen molar-refractivity contribution in [2.75, 3.05) is 18.5 Å². The molecule has 2 N–H and O–H groups in total. The Bertz CT molecular complexity index is 433. The lowest BCUT2D eigenvalue weighted by atomic mass is 9.87. The van der Waals surface area contributed by atoms with Crippen LogP contribution in [0.3, 0.4) is 0 Å². The molecule has 0 spiro atoms. The maximum absolute atomic E-state index is 9.09. The van der Waals surface area contributed by atoms with Gasteiger partial charge in [-0.25, -0.2) is 0 Å². The van der Waals surface area contributed by atoms with Gasteiger partial charge in [0.15, 0.2) is 0 Å². The summed E-state index contributed by atoms with van der Waals surface area (Å²) in [4.78, 5) is 0. The third kappa shape index (κ3) is 4.38. The fourth-order valence-electron chi connectivity index (χ4n) is 1.89. The average Bonchev–Trinajstić information content (AvgIpc) is 2.35. The zero-order valence-electron chi connectivity index (χ0n) is 11.5. The highest BCUT2D eigenvalue weighted by Gasteiger charge is 2.17. The molecule has 0 heterocycles. The van der Waals surface area contributed by atoms with Crippen LogP contribution in [0.25, 0.3) is 0 Å². The third-order valence-corrected chi connectivity index (χ3v) is 3.06. The molecule has 0 aromatic heterocycles. The van der Waals surface area contributed by atoms with Crippen molar-refractivity contribution in [1.82, 2.24) is 0 Å². The van der Waals surface area contributed by atoms with Gasteiger partial charge in [-0.2, -0.15) is 5.26 Å². The Labute approximate surface area is 109 Å². The van der Waals surface area contributed by atoms with E-state index in [0.717, 1.165) is 30.6 Å². The number of aliphatic hydroxyl groups is 1. The molecular weight excluding hydrogens is 224 g/mol. The van der Waals surface area contributed by atoms with Crippen molar-refractivity contribution in [2.24, 2.45) is 5.41 Å². The second-order valence-electron chi connectivity index (χ2n) is 5.51. The van der Waals surface area contributed by atoms with E-state index in [1.807, 2.05) is 25.1 Å². The molecule has 1 rings (SSSR count). The molecule has 0 aliphatic carbocycles. The van der Waals surface area contributed by atoms with Crippen molar-refractivity contribution in [3.8, 4) is 6.07 Å².